The quantitative estimate of drug-likeness (QED) is 0.270. The van der Waals surface area contributed by atoms with E-state index in [2.05, 4.69) is 10.3 Å². The normalized spacial score (nSPS) is 19.7. The number of hydrogen-bond acceptors (Lipinski definition) is 5. The number of rotatable bonds is 5. The van der Waals surface area contributed by atoms with Crippen molar-refractivity contribution in [2.45, 2.75) is 81.7 Å². The number of carbonyl (C=O) groups excluding carboxylic acids is 3. The molecule has 2 saturated carbocycles. The van der Waals surface area contributed by atoms with Crippen LogP contribution in [0.2, 0.25) is 10.0 Å². The number of halogens is 5. The lowest BCUT2D eigenvalue weighted by Gasteiger charge is -2.38. The number of nitrogens with one attached hydrogen (secondary N) is 1. The zero-order valence-electron chi connectivity index (χ0n) is 26.7. The first-order valence-corrected chi connectivity index (χ1v) is 17.2. The van der Waals surface area contributed by atoms with Crippen LogP contribution in [-0.4, -0.2) is 51.8 Å². The Morgan fingerprint density at radius 2 is 1.31 bits per heavy atom. The van der Waals surface area contributed by atoms with Gasteiger partial charge in [-0.1, -0.05) is 72.4 Å². The molecule has 12 heteroatoms. The van der Waals surface area contributed by atoms with Crippen LogP contribution in [0, 0.1) is 0 Å². The molecule has 0 unspecified atom stereocenters. The van der Waals surface area contributed by atoms with Crippen molar-refractivity contribution in [1.82, 2.24) is 10.2 Å². The van der Waals surface area contributed by atoms with Crippen LogP contribution in [0.15, 0.2) is 82.8 Å². The molecule has 2 heterocycles. The van der Waals surface area contributed by atoms with E-state index in [-0.39, 0.29) is 35.3 Å². The summed E-state index contributed by atoms with van der Waals surface area (Å²) in [5, 5.41) is 4.25. The summed E-state index contributed by atoms with van der Waals surface area (Å²) in [6.45, 7) is -0.319. The van der Waals surface area contributed by atoms with E-state index in [1.54, 1.807) is 36.4 Å². The molecule has 0 bridgehead atoms. The first-order valence-electron chi connectivity index (χ1n) is 16.4. The molecular weight excluding hydrogens is 676 g/mol. The Labute approximate surface area is 292 Å². The molecule has 7 nitrogen and oxygen atoms in total. The highest BCUT2D eigenvalue weighted by molar-refractivity contribution is 6.47. The average Bonchev–Trinajstić information content (AvgIpc) is 3.54. The van der Waals surface area contributed by atoms with Crippen molar-refractivity contribution in [3.05, 3.63) is 105 Å². The molecule has 3 aromatic carbocycles. The van der Waals surface area contributed by atoms with Crippen molar-refractivity contribution in [3.63, 3.8) is 0 Å². The molecule has 2 spiro atoms. The first kappa shape index (κ1) is 34.8. The summed E-state index contributed by atoms with van der Waals surface area (Å²) >= 11 is 11.8. The van der Waals surface area contributed by atoms with Gasteiger partial charge in [-0.3, -0.25) is 24.4 Å². The van der Waals surface area contributed by atoms with Gasteiger partial charge >= 0.3 is 6.18 Å². The average molecular weight is 712 g/mol. The number of ketones is 1. The third-order valence-corrected chi connectivity index (χ3v) is 10.0. The van der Waals surface area contributed by atoms with Crippen LogP contribution in [0.25, 0.3) is 0 Å². The summed E-state index contributed by atoms with van der Waals surface area (Å²) in [5.74, 6) is -0.985. The van der Waals surface area contributed by atoms with Gasteiger partial charge in [0.15, 0.2) is 5.78 Å². The van der Waals surface area contributed by atoms with E-state index in [1.165, 1.54) is 23.5 Å². The van der Waals surface area contributed by atoms with E-state index in [4.69, 9.17) is 28.2 Å². The van der Waals surface area contributed by atoms with Gasteiger partial charge < -0.3 is 10.2 Å². The van der Waals surface area contributed by atoms with Gasteiger partial charge in [0.1, 0.15) is 22.7 Å². The van der Waals surface area contributed by atoms with E-state index >= 15 is 0 Å². The van der Waals surface area contributed by atoms with Crippen molar-refractivity contribution < 1.29 is 27.6 Å². The zero-order chi connectivity index (χ0) is 34.8. The van der Waals surface area contributed by atoms with Crippen molar-refractivity contribution in [2.75, 3.05) is 6.54 Å². The summed E-state index contributed by atoms with van der Waals surface area (Å²) in [5.41, 5.74) is 0.133. The number of alkyl halides is 3. The van der Waals surface area contributed by atoms with Crippen molar-refractivity contribution in [1.29, 1.82) is 0 Å². The monoisotopic (exact) mass is 710 g/mol. The number of hydrogen-bond donors (Lipinski definition) is 1. The van der Waals surface area contributed by atoms with Gasteiger partial charge in [0.05, 0.1) is 12.1 Å². The van der Waals surface area contributed by atoms with Gasteiger partial charge in [-0.15, -0.1) is 0 Å². The molecule has 0 saturated heterocycles. The fourth-order valence-corrected chi connectivity index (χ4v) is 7.24. The molecule has 0 radical (unpaired) electrons. The molecule has 3 aromatic rings. The molecule has 2 amide bonds. The molecule has 49 heavy (non-hydrogen) atoms. The minimum absolute atomic E-state index is 0.0563. The Hall–Kier alpha value is -4.02. The fraction of sp³-hybridized carbons (Fsp3) is 0.378. The highest BCUT2D eigenvalue weighted by Gasteiger charge is 2.48. The lowest BCUT2D eigenvalue weighted by Crippen LogP contribution is -2.50. The maximum Gasteiger partial charge on any atom is 0.416 e. The topological polar surface area (TPSA) is 91.2 Å². The molecule has 256 valence electrons. The number of aliphatic imine (C=N–C) groups is 2. The number of nitrogens with zero attached hydrogens (tertiary/aromatic N) is 3. The van der Waals surface area contributed by atoms with Gasteiger partial charge in [0, 0.05) is 26.7 Å². The van der Waals surface area contributed by atoms with E-state index in [0.29, 0.717) is 34.2 Å². The minimum Gasteiger partial charge on any atom is -0.326 e. The van der Waals surface area contributed by atoms with Crippen LogP contribution in [0.4, 0.5) is 13.2 Å². The molecule has 2 aliphatic heterocycles. The van der Waals surface area contributed by atoms with Gasteiger partial charge in [0.25, 0.3) is 11.8 Å². The maximum atomic E-state index is 13.3. The van der Waals surface area contributed by atoms with Crippen LogP contribution in [0.5, 0.6) is 0 Å². The largest absolute Gasteiger partial charge is 0.416 e. The molecule has 7 rings (SSSR count). The molecule has 0 atom stereocenters. The summed E-state index contributed by atoms with van der Waals surface area (Å²) in [7, 11) is 0. The Bertz CT molecular complexity index is 1790. The Balaban J connectivity index is 0.000000195. The first-order chi connectivity index (χ1) is 23.4. The number of benzene rings is 3. The second kappa shape index (κ2) is 14.1. The molecule has 1 N–H and O–H groups in total. The number of carbonyl (C=O) groups is 3. The Morgan fingerprint density at radius 3 is 1.88 bits per heavy atom. The van der Waals surface area contributed by atoms with Crippen LogP contribution < -0.4 is 5.32 Å². The highest BCUT2D eigenvalue weighted by Crippen LogP contribution is 2.40. The summed E-state index contributed by atoms with van der Waals surface area (Å²) in [4.78, 5) is 49.1. The standard InChI is InChI=1S/C23H20ClF3N2O2.C14H15ClN2O/c24-18-9-7-15(8-10-18)20-21(31)29(22(28-20)11-2-1-3-12-22)14-19(30)16-5-4-6-17(13-16)23(25,26)27;15-11-6-4-10(5-7-11)12-13(18)17-14(16-12)8-2-1-3-9-14/h4-10,13H,1-3,11-12,14H2;4-7H,1-3,8-9H2,(H,17,18). The predicted octanol–water partition coefficient (Wildman–Crippen LogP) is 8.45. The van der Waals surface area contributed by atoms with Gasteiger partial charge in [-0.05, 0) is 87.8 Å². The van der Waals surface area contributed by atoms with Gasteiger partial charge in [0.2, 0.25) is 0 Å². The Kier molecular flexibility index (Phi) is 10.0. The van der Waals surface area contributed by atoms with E-state index in [0.717, 1.165) is 62.6 Å². The van der Waals surface area contributed by atoms with Crippen LogP contribution in [0.1, 0.15) is 91.3 Å². The summed E-state index contributed by atoms with van der Waals surface area (Å²) in [6.07, 6.45) is 4.84. The second-order valence-corrected chi connectivity index (χ2v) is 13.8. The minimum atomic E-state index is -4.55. The summed E-state index contributed by atoms with van der Waals surface area (Å²) in [6, 6.07) is 18.3. The predicted molar refractivity (Wildman–Crippen MR) is 183 cm³/mol. The van der Waals surface area contributed by atoms with Crippen molar-refractivity contribution >= 4 is 52.2 Å². The third-order valence-electron chi connectivity index (χ3n) is 9.54. The van der Waals surface area contributed by atoms with E-state index in [1.807, 2.05) is 12.1 Å². The Morgan fingerprint density at radius 1 is 0.755 bits per heavy atom. The van der Waals surface area contributed by atoms with Gasteiger partial charge in [-0.25, -0.2) is 0 Å². The molecule has 0 aromatic heterocycles. The molecule has 4 aliphatic rings. The summed E-state index contributed by atoms with van der Waals surface area (Å²) < 4.78 is 39.1. The highest BCUT2D eigenvalue weighted by atomic mass is 35.5. The van der Waals surface area contributed by atoms with Crippen LogP contribution >= 0.6 is 23.2 Å². The fourth-order valence-electron chi connectivity index (χ4n) is 6.99. The van der Waals surface area contributed by atoms with Crippen LogP contribution in [0.3, 0.4) is 0 Å². The van der Waals surface area contributed by atoms with Crippen molar-refractivity contribution in [2.24, 2.45) is 9.98 Å². The van der Waals surface area contributed by atoms with Crippen molar-refractivity contribution in [3.8, 4) is 0 Å². The smallest absolute Gasteiger partial charge is 0.326 e. The molecular formula is C37H35Cl2F3N4O3. The third kappa shape index (κ3) is 7.60. The molecule has 2 fully saturated rings. The number of amides is 2. The molecule has 2 aliphatic carbocycles. The van der Waals surface area contributed by atoms with Gasteiger partial charge in [-0.2, -0.15) is 13.2 Å². The van der Waals surface area contributed by atoms with E-state index < -0.39 is 23.2 Å². The zero-order valence-corrected chi connectivity index (χ0v) is 28.2. The lowest BCUT2D eigenvalue weighted by atomic mass is 9.88. The SMILES string of the molecule is O=C(CN1C(=O)C(c2ccc(Cl)cc2)=NC12CCCCC2)c1cccc(C(F)(F)F)c1.O=C1NC2(CCCCC2)N=C1c1ccc(Cl)cc1. The lowest BCUT2D eigenvalue weighted by molar-refractivity contribution is -0.137. The van der Waals surface area contributed by atoms with E-state index in [9.17, 15) is 27.6 Å². The number of Topliss-reactive ketones (excluding diaryl/α,β-unsaturated/α-hetero) is 1. The van der Waals surface area contributed by atoms with Crippen LogP contribution in [-0.2, 0) is 15.8 Å². The maximum absolute atomic E-state index is 13.3. The second-order valence-electron chi connectivity index (χ2n) is 12.9.